The van der Waals surface area contributed by atoms with Gasteiger partial charge in [-0.15, -0.1) is 0 Å². The van der Waals surface area contributed by atoms with Crippen LogP contribution in [0, 0.1) is 5.92 Å². The summed E-state index contributed by atoms with van der Waals surface area (Å²) in [5.41, 5.74) is 3.71. The molecule has 0 aliphatic carbocycles. The fourth-order valence-corrected chi connectivity index (χ4v) is 2.67. The average molecular weight is 416 g/mol. The van der Waals surface area contributed by atoms with Gasteiger partial charge in [0.25, 0.3) is 11.8 Å². The maximum atomic E-state index is 12.5. The SMILES string of the molecule is CC(C)Oc1cccc(C=NNC(=O)C(NC(=O)c2ccc(Cl)cc2)C(C)C)c1. The molecule has 1 atom stereocenters. The van der Waals surface area contributed by atoms with Crippen LogP contribution >= 0.6 is 11.6 Å². The summed E-state index contributed by atoms with van der Waals surface area (Å²) in [5, 5.41) is 7.29. The number of nitrogens with zero attached hydrogens (tertiary/aromatic N) is 1. The van der Waals surface area contributed by atoms with Gasteiger partial charge in [-0.1, -0.05) is 37.6 Å². The molecule has 1 unspecified atom stereocenters. The Bertz CT molecular complexity index is 864. The molecule has 2 N–H and O–H groups in total. The van der Waals surface area contributed by atoms with E-state index in [1.807, 2.05) is 52.0 Å². The van der Waals surface area contributed by atoms with Crippen LogP contribution in [0.2, 0.25) is 5.02 Å². The first kappa shape index (κ1) is 22.4. The Morgan fingerprint density at radius 1 is 1.07 bits per heavy atom. The van der Waals surface area contributed by atoms with Crippen molar-refractivity contribution in [1.29, 1.82) is 0 Å². The zero-order valence-electron chi connectivity index (χ0n) is 17.0. The number of hydrogen-bond donors (Lipinski definition) is 2. The third kappa shape index (κ3) is 7.23. The first-order valence-electron chi connectivity index (χ1n) is 9.42. The van der Waals surface area contributed by atoms with Gasteiger partial charge in [0.15, 0.2) is 0 Å². The molecule has 0 aliphatic heterocycles. The number of benzene rings is 2. The molecule has 2 amide bonds. The number of nitrogens with one attached hydrogen (secondary N) is 2. The summed E-state index contributed by atoms with van der Waals surface area (Å²) in [6.07, 6.45) is 1.60. The van der Waals surface area contributed by atoms with Gasteiger partial charge >= 0.3 is 0 Å². The molecule has 29 heavy (non-hydrogen) atoms. The van der Waals surface area contributed by atoms with Crippen molar-refractivity contribution in [2.75, 3.05) is 0 Å². The van der Waals surface area contributed by atoms with Crippen LogP contribution in [-0.4, -0.2) is 30.2 Å². The highest BCUT2D eigenvalue weighted by Crippen LogP contribution is 2.14. The van der Waals surface area contributed by atoms with E-state index < -0.39 is 11.9 Å². The highest BCUT2D eigenvalue weighted by atomic mass is 35.5. The first-order valence-corrected chi connectivity index (χ1v) is 9.80. The van der Waals surface area contributed by atoms with Crippen LogP contribution in [0.5, 0.6) is 5.75 Å². The lowest BCUT2D eigenvalue weighted by Crippen LogP contribution is -2.48. The number of hydrazone groups is 1. The standard InChI is InChI=1S/C22H26ClN3O3/c1-14(2)20(25-21(27)17-8-10-18(23)11-9-17)22(28)26-24-13-16-6-5-7-19(12-16)29-15(3)4/h5-15,20H,1-4H3,(H,25,27)(H,26,28). The van der Waals surface area contributed by atoms with Crippen LogP contribution in [-0.2, 0) is 4.79 Å². The predicted octanol–water partition coefficient (Wildman–Crippen LogP) is 4.03. The van der Waals surface area contributed by atoms with Crippen LogP contribution in [0.3, 0.4) is 0 Å². The summed E-state index contributed by atoms with van der Waals surface area (Å²) in [4.78, 5) is 24.9. The van der Waals surface area contributed by atoms with E-state index in [0.29, 0.717) is 10.6 Å². The van der Waals surface area contributed by atoms with Crippen LogP contribution < -0.4 is 15.5 Å². The van der Waals surface area contributed by atoms with E-state index in [9.17, 15) is 9.59 Å². The highest BCUT2D eigenvalue weighted by Gasteiger charge is 2.24. The third-order valence-corrected chi connectivity index (χ3v) is 4.21. The van der Waals surface area contributed by atoms with Crippen molar-refractivity contribution in [2.45, 2.75) is 39.8 Å². The lowest BCUT2D eigenvalue weighted by molar-refractivity contribution is -0.123. The second-order valence-electron chi connectivity index (χ2n) is 7.18. The summed E-state index contributed by atoms with van der Waals surface area (Å²) >= 11 is 5.85. The zero-order valence-corrected chi connectivity index (χ0v) is 17.7. The van der Waals surface area contributed by atoms with Gasteiger partial charge in [0.2, 0.25) is 0 Å². The number of ether oxygens (including phenoxy) is 1. The number of halogens is 1. The van der Waals surface area contributed by atoms with Crippen molar-refractivity contribution in [3.05, 3.63) is 64.7 Å². The highest BCUT2D eigenvalue weighted by molar-refractivity contribution is 6.30. The van der Waals surface area contributed by atoms with E-state index >= 15 is 0 Å². The Labute approximate surface area is 176 Å². The maximum absolute atomic E-state index is 12.5. The number of hydrogen-bond acceptors (Lipinski definition) is 4. The van der Waals surface area contributed by atoms with Crippen molar-refractivity contribution >= 4 is 29.6 Å². The molecule has 2 aromatic rings. The molecule has 2 rings (SSSR count). The molecule has 154 valence electrons. The monoisotopic (exact) mass is 415 g/mol. The van der Waals surface area contributed by atoms with Gasteiger partial charge in [0.05, 0.1) is 12.3 Å². The van der Waals surface area contributed by atoms with E-state index in [2.05, 4.69) is 15.8 Å². The second kappa shape index (κ2) is 10.6. The molecule has 0 bridgehead atoms. The van der Waals surface area contributed by atoms with E-state index in [-0.39, 0.29) is 17.9 Å². The fraction of sp³-hybridized carbons (Fsp3) is 0.318. The Morgan fingerprint density at radius 2 is 1.76 bits per heavy atom. The van der Waals surface area contributed by atoms with Crippen LogP contribution in [0.25, 0.3) is 0 Å². The van der Waals surface area contributed by atoms with Crippen molar-refractivity contribution < 1.29 is 14.3 Å². The molecule has 0 spiro atoms. The molecule has 0 aliphatic rings. The predicted molar refractivity (Wildman–Crippen MR) is 115 cm³/mol. The van der Waals surface area contributed by atoms with Crippen molar-refractivity contribution in [3.63, 3.8) is 0 Å². The Kier molecular flexibility index (Phi) is 8.21. The van der Waals surface area contributed by atoms with Gasteiger partial charge in [0.1, 0.15) is 11.8 Å². The smallest absolute Gasteiger partial charge is 0.262 e. The van der Waals surface area contributed by atoms with Gasteiger partial charge in [-0.05, 0) is 61.7 Å². The van der Waals surface area contributed by atoms with Gasteiger partial charge in [-0.25, -0.2) is 5.43 Å². The molecular formula is C22H26ClN3O3. The van der Waals surface area contributed by atoms with Crippen LogP contribution in [0.15, 0.2) is 53.6 Å². The van der Waals surface area contributed by atoms with Crippen molar-refractivity contribution in [2.24, 2.45) is 11.0 Å². The van der Waals surface area contributed by atoms with Gasteiger partial charge < -0.3 is 10.1 Å². The Morgan fingerprint density at radius 3 is 2.38 bits per heavy atom. The Balaban J connectivity index is 1.99. The number of carbonyl (C=O) groups excluding carboxylic acids is 2. The first-order chi connectivity index (χ1) is 13.8. The Hall–Kier alpha value is -2.86. The number of rotatable bonds is 8. The summed E-state index contributed by atoms with van der Waals surface area (Å²) in [5.74, 6) is -0.138. The molecule has 0 aromatic heterocycles. The lowest BCUT2D eigenvalue weighted by Gasteiger charge is -2.20. The largest absolute Gasteiger partial charge is 0.491 e. The fourth-order valence-electron chi connectivity index (χ4n) is 2.54. The van der Waals surface area contributed by atoms with E-state index in [1.165, 1.54) is 6.21 Å². The van der Waals surface area contributed by atoms with Crippen LogP contribution in [0.1, 0.15) is 43.6 Å². The number of carbonyl (C=O) groups is 2. The second-order valence-corrected chi connectivity index (χ2v) is 7.61. The minimum atomic E-state index is -0.731. The van der Waals surface area contributed by atoms with Crippen molar-refractivity contribution in [1.82, 2.24) is 10.7 Å². The molecule has 0 radical (unpaired) electrons. The summed E-state index contributed by atoms with van der Waals surface area (Å²) < 4.78 is 5.64. The van der Waals surface area contributed by atoms with E-state index in [4.69, 9.17) is 16.3 Å². The molecule has 0 heterocycles. The number of amides is 2. The van der Waals surface area contributed by atoms with Crippen molar-refractivity contribution in [3.8, 4) is 5.75 Å². The average Bonchev–Trinajstić information content (AvgIpc) is 2.66. The molecular weight excluding hydrogens is 390 g/mol. The van der Waals surface area contributed by atoms with Gasteiger partial charge in [0, 0.05) is 10.6 Å². The lowest BCUT2D eigenvalue weighted by atomic mass is 10.0. The van der Waals surface area contributed by atoms with Gasteiger partial charge in [-0.2, -0.15) is 5.10 Å². The summed E-state index contributed by atoms with van der Waals surface area (Å²) in [7, 11) is 0. The molecule has 7 heteroatoms. The molecule has 6 nitrogen and oxygen atoms in total. The third-order valence-electron chi connectivity index (χ3n) is 3.96. The normalized spacial score (nSPS) is 12.2. The molecule has 2 aromatic carbocycles. The molecule has 0 saturated carbocycles. The zero-order chi connectivity index (χ0) is 21.4. The summed E-state index contributed by atoms with van der Waals surface area (Å²) in [6.45, 7) is 7.60. The topological polar surface area (TPSA) is 79.8 Å². The van der Waals surface area contributed by atoms with Crippen LogP contribution in [0.4, 0.5) is 0 Å². The quantitative estimate of drug-likeness (QED) is 0.504. The van der Waals surface area contributed by atoms with E-state index in [0.717, 1.165) is 11.3 Å². The summed E-state index contributed by atoms with van der Waals surface area (Å²) in [6, 6.07) is 13.1. The maximum Gasteiger partial charge on any atom is 0.262 e. The van der Waals surface area contributed by atoms with E-state index in [1.54, 1.807) is 24.3 Å². The minimum absolute atomic E-state index is 0.0675. The minimum Gasteiger partial charge on any atom is -0.491 e. The van der Waals surface area contributed by atoms with Gasteiger partial charge in [-0.3, -0.25) is 9.59 Å². The molecule has 0 saturated heterocycles. The molecule has 0 fully saturated rings.